The van der Waals surface area contributed by atoms with Crippen molar-refractivity contribution in [3.63, 3.8) is 0 Å². The van der Waals surface area contributed by atoms with Crippen LogP contribution < -0.4 is 14.4 Å². The van der Waals surface area contributed by atoms with E-state index in [1.54, 1.807) is 19.1 Å². The highest BCUT2D eigenvalue weighted by atomic mass is 16.5. The number of rotatable bonds is 6. The lowest BCUT2D eigenvalue weighted by atomic mass is 10.1. The van der Waals surface area contributed by atoms with E-state index in [9.17, 15) is 9.59 Å². The van der Waals surface area contributed by atoms with Gasteiger partial charge in [-0.15, -0.1) is 0 Å². The predicted molar refractivity (Wildman–Crippen MR) is 119 cm³/mol. The quantitative estimate of drug-likeness (QED) is 0.715. The van der Waals surface area contributed by atoms with E-state index in [2.05, 4.69) is 4.90 Å². The standard InChI is InChI=1S/C24H29N3O4/c1-30-21-9-8-18(15-22(21)31-2)17-25-11-13-26(14-12-25)24(29)19-5-3-6-20(16-19)27-10-4-7-23(27)28/h3,5-6,8-9,15-16H,4,7,10-14,17H2,1-2H3. The van der Waals surface area contributed by atoms with Crippen molar-refractivity contribution in [3.8, 4) is 11.5 Å². The number of hydrogen-bond donors (Lipinski definition) is 0. The van der Waals surface area contributed by atoms with Crippen LogP contribution in [0.25, 0.3) is 0 Å². The van der Waals surface area contributed by atoms with Gasteiger partial charge in [0.15, 0.2) is 11.5 Å². The minimum atomic E-state index is 0.0271. The number of carbonyl (C=O) groups excluding carboxylic acids is 2. The number of carbonyl (C=O) groups is 2. The molecule has 0 N–H and O–H groups in total. The van der Waals surface area contributed by atoms with E-state index in [-0.39, 0.29) is 11.8 Å². The van der Waals surface area contributed by atoms with Crippen LogP contribution >= 0.6 is 0 Å². The molecule has 2 aliphatic heterocycles. The molecule has 2 aromatic carbocycles. The van der Waals surface area contributed by atoms with E-state index < -0.39 is 0 Å². The van der Waals surface area contributed by atoms with Crippen LogP contribution in [0.4, 0.5) is 5.69 Å². The van der Waals surface area contributed by atoms with Crippen LogP contribution in [-0.2, 0) is 11.3 Å². The number of hydrogen-bond acceptors (Lipinski definition) is 5. The fraction of sp³-hybridized carbons (Fsp3) is 0.417. The Morgan fingerprint density at radius 2 is 1.71 bits per heavy atom. The molecule has 2 saturated heterocycles. The number of benzene rings is 2. The second kappa shape index (κ2) is 9.39. The van der Waals surface area contributed by atoms with E-state index in [1.165, 1.54) is 0 Å². The van der Waals surface area contributed by atoms with Crippen LogP contribution in [0.5, 0.6) is 11.5 Å². The molecule has 2 aromatic rings. The van der Waals surface area contributed by atoms with Gasteiger partial charge in [0.2, 0.25) is 5.91 Å². The zero-order chi connectivity index (χ0) is 21.8. The fourth-order valence-corrected chi connectivity index (χ4v) is 4.26. The molecule has 0 radical (unpaired) electrons. The highest BCUT2D eigenvalue weighted by Crippen LogP contribution is 2.28. The van der Waals surface area contributed by atoms with Crippen molar-refractivity contribution in [2.24, 2.45) is 0 Å². The number of ether oxygens (including phenoxy) is 2. The van der Waals surface area contributed by atoms with Crippen LogP contribution in [0.15, 0.2) is 42.5 Å². The predicted octanol–water partition coefficient (Wildman–Crippen LogP) is 2.79. The van der Waals surface area contributed by atoms with E-state index in [0.29, 0.717) is 25.1 Å². The molecular weight excluding hydrogens is 394 g/mol. The Kier molecular flexibility index (Phi) is 6.42. The molecule has 2 heterocycles. The van der Waals surface area contributed by atoms with E-state index in [4.69, 9.17) is 9.47 Å². The fourth-order valence-electron chi connectivity index (χ4n) is 4.26. The van der Waals surface area contributed by atoms with Crippen molar-refractivity contribution in [2.75, 3.05) is 51.8 Å². The monoisotopic (exact) mass is 423 g/mol. The molecule has 4 rings (SSSR count). The van der Waals surface area contributed by atoms with Gasteiger partial charge in [-0.2, -0.15) is 0 Å². The molecule has 164 valence electrons. The van der Waals surface area contributed by atoms with Gasteiger partial charge in [0.1, 0.15) is 0 Å². The largest absolute Gasteiger partial charge is 0.493 e. The van der Waals surface area contributed by atoms with E-state index >= 15 is 0 Å². The highest BCUT2D eigenvalue weighted by molar-refractivity contribution is 5.99. The first-order valence-electron chi connectivity index (χ1n) is 10.7. The molecule has 7 heteroatoms. The average Bonchev–Trinajstić information content (AvgIpc) is 3.25. The molecular formula is C24H29N3O4. The summed E-state index contributed by atoms with van der Waals surface area (Å²) in [5.74, 6) is 1.61. The molecule has 2 fully saturated rings. The summed E-state index contributed by atoms with van der Waals surface area (Å²) in [7, 11) is 3.27. The molecule has 31 heavy (non-hydrogen) atoms. The van der Waals surface area contributed by atoms with Crippen molar-refractivity contribution in [3.05, 3.63) is 53.6 Å². The Bertz CT molecular complexity index is 954. The third-order valence-corrected chi connectivity index (χ3v) is 5.99. The summed E-state index contributed by atoms with van der Waals surface area (Å²) < 4.78 is 10.7. The first-order valence-corrected chi connectivity index (χ1v) is 10.7. The Labute approximate surface area is 183 Å². The SMILES string of the molecule is COc1ccc(CN2CCN(C(=O)c3cccc(N4CCCC4=O)c3)CC2)cc1OC. The molecule has 0 spiro atoms. The minimum absolute atomic E-state index is 0.0271. The van der Waals surface area contributed by atoms with Crippen LogP contribution in [0.1, 0.15) is 28.8 Å². The van der Waals surface area contributed by atoms with Crippen LogP contribution in [0, 0.1) is 0 Å². The number of piperazine rings is 1. The second-order valence-electron chi connectivity index (χ2n) is 7.96. The van der Waals surface area contributed by atoms with Crippen molar-refractivity contribution < 1.29 is 19.1 Å². The van der Waals surface area contributed by atoms with Crippen LogP contribution in [0.3, 0.4) is 0 Å². The van der Waals surface area contributed by atoms with Crippen LogP contribution in [0.2, 0.25) is 0 Å². The summed E-state index contributed by atoms with van der Waals surface area (Å²) in [6, 6.07) is 13.4. The number of anilines is 1. The maximum Gasteiger partial charge on any atom is 0.254 e. The van der Waals surface area contributed by atoms with Gasteiger partial charge < -0.3 is 19.3 Å². The minimum Gasteiger partial charge on any atom is -0.493 e. The smallest absolute Gasteiger partial charge is 0.254 e. The first-order chi connectivity index (χ1) is 15.1. The number of methoxy groups -OCH3 is 2. The topological polar surface area (TPSA) is 62.3 Å². The lowest BCUT2D eigenvalue weighted by Crippen LogP contribution is -2.48. The van der Waals surface area contributed by atoms with Crippen LogP contribution in [-0.4, -0.2) is 68.6 Å². The average molecular weight is 424 g/mol. The van der Waals surface area contributed by atoms with E-state index in [0.717, 1.165) is 55.3 Å². The third kappa shape index (κ3) is 4.66. The normalized spacial score (nSPS) is 17.2. The summed E-state index contributed by atoms with van der Waals surface area (Å²) >= 11 is 0. The molecule has 0 atom stereocenters. The molecule has 0 bridgehead atoms. The second-order valence-corrected chi connectivity index (χ2v) is 7.96. The van der Waals surface area contributed by atoms with E-state index in [1.807, 2.05) is 47.4 Å². The molecule has 0 unspecified atom stereocenters. The Morgan fingerprint density at radius 1 is 0.935 bits per heavy atom. The highest BCUT2D eigenvalue weighted by Gasteiger charge is 2.25. The molecule has 2 amide bonds. The molecule has 7 nitrogen and oxygen atoms in total. The Balaban J connectivity index is 1.36. The van der Waals surface area contributed by atoms with Gasteiger partial charge in [-0.05, 0) is 42.3 Å². The van der Waals surface area contributed by atoms with Gasteiger partial charge in [-0.3, -0.25) is 14.5 Å². The first kappa shape index (κ1) is 21.2. The summed E-state index contributed by atoms with van der Waals surface area (Å²) in [6.07, 6.45) is 1.46. The zero-order valence-electron chi connectivity index (χ0n) is 18.2. The van der Waals surface area contributed by atoms with Crippen molar-refractivity contribution >= 4 is 17.5 Å². The van der Waals surface area contributed by atoms with Crippen molar-refractivity contribution in [1.82, 2.24) is 9.80 Å². The summed E-state index contributed by atoms with van der Waals surface area (Å²) in [5, 5.41) is 0. The van der Waals surface area contributed by atoms with Gasteiger partial charge in [-0.1, -0.05) is 12.1 Å². The molecule has 2 aliphatic rings. The summed E-state index contributed by atoms with van der Waals surface area (Å²) in [5.41, 5.74) is 2.62. The third-order valence-electron chi connectivity index (χ3n) is 5.99. The van der Waals surface area contributed by atoms with Gasteiger partial charge in [-0.25, -0.2) is 0 Å². The zero-order valence-corrected chi connectivity index (χ0v) is 18.2. The van der Waals surface area contributed by atoms with Crippen molar-refractivity contribution in [2.45, 2.75) is 19.4 Å². The van der Waals surface area contributed by atoms with Gasteiger partial charge in [0, 0.05) is 56.9 Å². The number of amides is 2. The molecule has 0 aromatic heterocycles. The van der Waals surface area contributed by atoms with Gasteiger partial charge >= 0.3 is 0 Å². The van der Waals surface area contributed by atoms with Crippen molar-refractivity contribution in [1.29, 1.82) is 0 Å². The van der Waals surface area contributed by atoms with Gasteiger partial charge in [0.05, 0.1) is 14.2 Å². The molecule has 0 aliphatic carbocycles. The summed E-state index contributed by atoms with van der Waals surface area (Å²) in [6.45, 7) is 4.51. The lowest BCUT2D eigenvalue weighted by Gasteiger charge is -2.35. The number of nitrogens with zero attached hydrogens (tertiary/aromatic N) is 3. The lowest BCUT2D eigenvalue weighted by molar-refractivity contribution is -0.117. The maximum absolute atomic E-state index is 13.0. The van der Waals surface area contributed by atoms with Gasteiger partial charge in [0.25, 0.3) is 5.91 Å². The summed E-state index contributed by atoms with van der Waals surface area (Å²) in [4.78, 5) is 31.1. The Hall–Kier alpha value is -3.06. The Morgan fingerprint density at radius 3 is 2.39 bits per heavy atom. The molecule has 0 saturated carbocycles. The maximum atomic E-state index is 13.0.